The van der Waals surface area contributed by atoms with Gasteiger partial charge in [0.25, 0.3) is 5.56 Å². The number of benzene rings is 1. The Hall–Kier alpha value is -2.54. The van der Waals surface area contributed by atoms with E-state index in [0.29, 0.717) is 50.8 Å². The van der Waals surface area contributed by atoms with Crippen LogP contribution in [0.4, 0.5) is 13.2 Å². The fourth-order valence-corrected chi connectivity index (χ4v) is 4.20. The van der Waals surface area contributed by atoms with Gasteiger partial charge in [-0.3, -0.25) is 9.36 Å². The largest absolute Gasteiger partial charge is 0.431 e. The van der Waals surface area contributed by atoms with E-state index < -0.39 is 29.4 Å². The van der Waals surface area contributed by atoms with Crippen LogP contribution in [0.25, 0.3) is 16.6 Å². The van der Waals surface area contributed by atoms with Crippen LogP contribution in [0.3, 0.4) is 0 Å². The van der Waals surface area contributed by atoms with Crippen LogP contribution in [-0.4, -0.2) is 38.9 Å². The number of ether oxygens (including phenoxy) is 3. The summed E-state index contributed by atoms with van der Waals surface area (Å²) in [4.78, 5) is 25.6. The lowest BCUT2D eigenvalue weighted by molar-refractivity contribution is -0.207. The van der Waals surface area contributed by atoms with Crippen LogP contribution in [0.15, 0.2) is 33.9 Å². The van der Waals surface area contributed by atoms with Crippen molar-refractivity contribution in [3.05, 3.63) is 55.7 Å². The molecule has 2 aliphatic heterocycles. The lowest BCUT2D eigenvalue weighted by atomic mass is 10.1. The van der Waals surface area contributed by atoms with Crippen molar-refractivity contribution in [1.82, 2.24) is 13.5 Å². The maximum atomic E-state index is 13.1. The molecule has 8 nitrogen and oxygen atoms in total. The Morgan fingerprint density at radius 2 is 1.87 bits per heavy atom. The molecule has 0 amide bonds. The van der Waals surface area contributed by atoms with E-state index in [-0.39, 0.29) is 11.3 Å². The number of rotatable bonds is 2. The van der Waals surface area contributed by atoms with Crippen LogP contribution in [0.5, 0.6) is 0 Å². The number of nitrogens with zero attached hydrogens (tertiary/aromatic N) is 3. The SMILES string of the molecule is Cn1c(C(F)(F)F)cc(=O)n(-c2ccc3nsc(C4OCC5(CO4)CO5)c3c2)c1=O. The van der Waals surface area contributed by atoms with E-state index in [2.05, 4.69) is 4.37 Å². The molecule has 0 bridgehead atoms. The summed E-state index contributed by atoms with van der Waals surface area (Å²) in [5.74, 6) is 0. The van der Waals surface area contributed by atoms with E-state index >= 15 is 0 Å². The molecule has 3 aromatic rings. The molecule has 0 atom stereocenters. The number of epoxide rings is 1. The number of halogens is 3. The second-order valence-corrected chi connectivity index (χ2v) is 8.02. The lowest BCUT2D eigenvalue weighted by Crippen LogP contribution is -2.40. The quantitative estimate of drug-likeness (QED) is 0.566. The molecule has 0 aliphatic carbocycles. The van der Waals surface area contributed by atoms with Gasteiger partial charge < -0.3 is 14.2 Å². The first-order chi connectivity index (χ1) is 14.2. The van der Waals surface area contributed by atoms with Gasteiger partial charge in [0.2, 0.25) is 0 Å². The van der Waals surface area contributed by atoms with Gasteiger partial charge in [-0.2, -0.15) is 17.5 Å². The van der Waals surface area contributed by atoms with Gasteiger partial charge in [0.1, 0.15) is 11.3 Å². The van der Waals surface area contributed by atoms with Crippen LogP contribution in [0.2, 0.25) is 0 Å². The molecular weight excluding hydrogens is 427 g/mol. The van der Waals surface area contributed by atoms with E-state index in [1.807, 2.05) is 0 Å². The summed E-state index contributed by atoms with van der Waals surface area (Å²) in [5.41, 5.74) is -3.15. The molecule has 2 aliphatic rings. The monoisotopic (exact) mass is 441 g/mol. The van der Waals surface area contributed by atoms with Gasteiger partial charge in [-0.25, -0.2) is 9.36 Å². The molecule has 4 heterocycles. The Bertz CT molecular complexity index is 1260. The number of alkyl halides is 3. The highest BCUT2D eigenvalue weighted by Crippen LogP contribution is 2.40. The molecule has 1 spiro atoms. The molecule has 2 fully saturated rings. The number of hydrogen-bond donors (Lipinski definition) is 0. The Balaban J connectivity index is 1.58. The van der Waals surface area contributed by atoms with Gasteiger partial charge >= 0.3 is 11.9 Å². The predicted octanol–water partition coefficient (Wildman–Crippen LogP) is 1.98. The average molecular weight is 441 g/mol. The molecule has 158 valence electrons. The van der Waals surface area contributed by atoms with Gasteiger partial charge in [0.15, 0.2) is 6.29 Å². The van der Waals surface area contributed by atoms with Gasteiger partial charge in [0.05, 0.1) is 35.9 Å². The molecular formula is C18H14F3N3O5S. The average Bonchev–Trinajstić information content (AvgIpc) is 3.31. The number of hydrogen-bond acceptors (Lipinski definition) is 7. The molecule has 0 N–H and O–H groups in total. The van der Waals surface area contributed by atoms with Gasteiger partial charge in [-0.05, 0) is 29.7 Å². The van der Waals surface area contributed by atoms with E-state index in [0.717, 1.165) is 18.6 Å². The molecule has 2 aromatic heterocycles. The highest BCUT2D eigenvalue weighted by Gasteiger charge is 2.49. The zero-order valence-electron chi connectivity index (χ0n) is 15.4. The first-order valence-electron chi connectivity index (χ1n) is 8.86. The first kappa shape index (κ1) is 19.4. The van der Waals surface area contributed by atoms with Gasteiger partial charge in [0, 0.05) is 18.5 Å². The summed E-state index contributed by atoms with van der Waals surface area (Å²) in [5, 5.41) is 0.587. The minimum atomic E-state index is -4.82. The summed E-state index contributed by atoms with van der Waals surface area (Å²) in [6.07, 6.45) is -5.50. The van der Waals surface area contributed by atoms with E-state index in [9.17, 15) is 22.8 Å². The molecule has 2 saturated heterocycles. The van der Waals surface area contributed by atoms with Crippen LogP contribution in [-0.2, 0) is 27.4 Å². The zero-order chi connectivity index (χ0) is 21.3. The third kappa shape index (κ3) is 3.07. The standard InChI is InChI=1S/C18H14F3N3O5S/c1-23-12(18(19,20)21)5-13(25)24(16(23)26)9-2-3-11-10(4-9)14(30-22-11)15-27-6-17(7-28-15)8-29-17/h2-5,15H,6-8H2,1H3. The van der Waals surface area contributed by atoms with Crippen molar-refractivity contribution in [3.8, 4) is 5.69 Å². The van der Waals surface area contributed by atoms with Crippen molar-refractivity contribution in [3.63, 3.8) is 0 Å². The normalized spacial score (nSPS) is 23.9. The maximum Gasteiger partial charge on any atom is 0.431 e. The third-order valence-electron chi connectivity index (χ3n) is 5.12. The highest BCUT2D eigenvalue weighted by atomic mass is 32.1. The highest BCUT2D eigenvalue weighted by molar-refractivity contribution is 7.07. The second kappa shape index (κ2) is 6.48. The summed E-state index contributed by atoms with van der Waals surface area (Å²) in [7, 11) is 0.969. The van der Waals surface area contributed by atoms with Gasteiger partial charge in [-0.15, -0.1) is 0 Å². The van der Waals surface area contributed by atoms with Crippen molar-refractivity contribution in [2.24, 2.45) is 7.05 Å². The summed E-state index contributed by atoms with van der Waals surface area (Å²) in [6.45, 7) is 1.32. The summed E-state index contributed by atoms with van der Waals surface area (Å²) >= 11 is 1.15. The minimum Gasteiger partial charge on any atom is -0.365 e. The maximum absolute atomic E-state index is 13.1. The predicted molar refractivity (Wildman–Crippen MR) is 98.8 cm³/mol. The van der Waals surface area contributed by atoms with Crippen LogP contribution in [0, 0.1) is 0 Å². The molecule has 12 heteroatoms. The van der Waals surface area contributed by atoms with Crippen molar-refractivity contribution in [2.45, 2.75) is 18.1 Å². The van der Waals surface area contributed by atoms with Crippen molar-refractivity contribution in [1.29, 1.82) is 0 Å². The van der Waals surface area contributed by atoms with E-state index in [4.69, 9.17) is 14.2 Å². The van der Waals surface area contributed by atoms with Gasteiger partial charge in [-0.1, -0.05) is 0 Å². The third-order valence-corrected chi connectivity index (χ3v) is 6.02. The Labute approximate surface area is 170 Å². The fourth-order valence-electron chi connectivity index (χ4n) is 3.36. The van der Waals surface area contributed by atoms with Crippen LogP contribution < -0.4 is 11.2 Å². The number of fused-ring (bicyclic) bond motifs is 1. The topological polar surface area (TPSA) is 87.9 Å². The first-order valence-corrected chi connectivity index (χ1v) is 9.63. The Kier molecular flexibility index (Phi) is 4.19. The molecule has 0 saturated carbocycles. The summed E-state index contributed by atoms with van der Waals surface area (Å²) in [6, 6.07) is 4.97. The van der Waals surface area contributed by atoms with Crippen LogP contribution >= 0.6 is 11.5 Å². The van der Waals surface area contributed by atoms with E-state index in [1.165, 1.54) is 12.1 Å². The Morgan fingerprint density at radius 3 is 2.50 bits per heavy atom. The van der Waals surface area contributed by atoms with Crippen LogP contribution in [0.1, 0.15) is 16.9 Å². The smallest absolute Gasteiger partial charge is 0.365 e. The fraction of sp³-hybridized carbons (Fsp3) is 0.389. The molecule has 30 heavy (non-hydrogen) atoms. The van der Waals surface area contributed by atoms with Crippen molar-refractivity contribution >= 4 is 22.4 Å². The van der Waals surface area contributed by atoms with E-state index in [1.54, 1.807) is 6.07 Å². The molecule has 5 rings (SSSR count). The number of aromatic nitrogens is 3. The lowest BCUT2D eigenvalue weighted by Gasteiger charge is -2.26. The zero-order valence-corrected chi connectivity index (χ0v) is 16.2. The minimum absolute atomic E-state index is 0.126. The van der Waals surface area contributed by atoms with Crippen molar-refractivity contribution in [2.75, 3.05) is 19.8 Å². The molecule has 0 unspecified atom stereocenters. The molecule has 0 radical (unpaired) electrons. The Morgan fingerprint density at radius 1 is 1.17 bits per heavy atom. The molecule has 1 aromatic carbocycles. The summed E-state index contributed by atoms with van der Waals surface area (Å²) < 4.78 is 61.4. The van der Waals surface area contributed by atoms with Crippen molar-refractivity contribution < 1.29 is 27.4 Å². The second-order valence-electron chi connectivity index (χ2n) is 7.22.